The van der Waals surface area contributed by atoms with Gasteiger partial charge in [0, 0.05) is 35.7 Å². The number of ketones is 1. The third-order valence-corrected chi connectivity index (χ3v) is 4.88. The molecule has 0 radical (unpaired) electrons. The lowest BCUT2D eigenvalue weighted by Gasteiger charge is -2.19. The Morgan fingerprint density at radius 2 is 2.10 bits per heavy atom. The van der Waals surface area contributed by atoms with Gasteiger partial charge in [0.2, 0.25) is 0 Å². The van der Waals surface area contributed by atoms with Gasteiger partial charge in [-0.3, -0.25) is 9.59 Å². The maximum Gasteiger partial charge on any atom is 0.252 e. The maximum atomic E-state index is 12.3. The minimum absolute atomic E-state index is 0.0822. The number of likely N-dealkylation sites (N-methyl/N-ethyl adjacent to an activating group) is 1. The van der Waals surface area contributed by atoms with Crippen molar-refractivity contribution in [2.75, 3.05) is 31.9 Å². The van der Waals surface area contributed by atoms with Crippen molar-refractivity contribution in [2.45, 2.75) is 25.2 Å². The van der Waals surface area contributed by atoms with Crippen LogP contribution in [0.5, 0.6) is 0 Å². The fourth-order valence-electron chi connectivity index (χ4n) is 2.43. The number of benzene rings is 1. The van der Waals surface area contributed by atoms with Gasteiger partial charge >= 0.3 is 0 Å². The molecule has 1 aliphatic heterocycles. The van der Waals surface area contributed by atoms with Crippen molar-refractivity contribution < 1.29 is 9.59 Å². The third kappa shape index (κ3) is 3.86. The van der Waals surface area contributed by atoms with Gasteiger partial charge in [0.15, 0.2) is 5.78 Å². The lowest BCUT2D eigenvalue weighted by molar-refractivity contribution is 0.0945. The van der Waals surface area contributed by atoms with E-state index in [2.05, 4.69) is 24.1 Å². The van der Waals surface area contributed by atoms with Gasteiger partial charge in [0.25, 0.3) is 5.91 Å². The zero-order chi connectivity index (χ0) is 15.2. The molecule has 5 heteroatoms. The summed E-state index contributed by atoms with van der Waals surface area (Å²) < 4.78 is 0. The first-order chi connectivity index (χ1) is 10.2. The van der Waals surface area contributed by atoms with Crippen LogP contribution in [0.1, 0.15) is 41.0 Å². The summed E-state index contributed by atoms with van der Waals surface area (Å²) in [6, 6.07) is 5.41. The molecule has 0 spiro atoms. The van der Waals surface area contributed by atoms with Crippen LogP contribution in [-0.4, -0.2) is 48.5 Å². The molecule has 1 amide bonds. The Morgan fingerprint density at radius 1 is 1.33 bits per heavy atom. The summed E-state index contributed by atoms with van der Waals surface area (Å²) in [6.45, 7) is 7.67. The molecule has 4 nitrogen and oxygen atoms in total. The van der Waals surface area contributed by atoms with Crippen molar-refractivity contribution >= 4 is 23.5 Å². The highest BCUT2D eigenvalue weighted by Crippen LogP contribution is 2.32. The monoisotopic (exact) mass is 306 g/mol. The van der Waals surface area contributed by atoms with Crippen molar-refractivity contribution in [3.8, 4) is 0 Å². The zero-order valence-electron chi connectivity index (χ0n) is 12.6. The van der Waals surface area contributed by atoms with Crippen molar-refractivity contribution in [3.63, 3.8) is 0 Å². The number of carbonyl (C=O) groups excluding carboxylic acids is 2. The van der Waals surface area contributed by atoms with E-state index in [4.69, 9.17) is 0 Å². The molecule has 0 atom stereocenters. The number of hydrogen-bond donors (Lipinski definition) is 1. The molecule has 1 N–H and O–H groups in total. The van der Waals surface area contributed by atoms with Gasteiger partial charge in [0.1, 0.15) is 0 Å². The first kappa shape index (κ1) is 16.0. The molecule has 21 heavy (non-hydrogen) atoms. The first-order valence-corrected chi connectivity index (χ1v) is 8.45. The van der Waals surface area contributed by atoms with Crippen LogP contribution in [0.2, 0.25) is 0 Å². The molecule has 114 valence electrons. The Balaban J connectivity index is 2.03. The molecular weight excluding hydrogens is 284 g/mol. The lowest BCUT2D eigenvalue weighted by atomic mass is 10.0. The summed E-state index contributed by atoms with van der Waals surface area (Å²) >= 11 is 1.60. The number of carbonyl (C=O) groups is 2. The topological polar surface area (TPSA) is 49.4 Å². The number of nitrogens with one attached hydrogen (secondary N) is 1. The molecule has 0 fully saturated rings. The van der Waals surface area contributed by atoms with E-state index < -0.39 is 0 Å². The molecule has 0 unspecified atom stereocenters. The molecule has 0 aromatic heterocycles. The van der Waals surface area contributed by atoms with Crippen LogP contribution in [0, 0.1) is 0 Å². The van der Waals surface area contributed by atoms with E-state index in [0.717, 1.165) is 30.3 Å². The van der Waals surface area contributed by atoms with Gasteiger partial charge in [-0.2, -0.15) is 0 Å². The molecular formula is C16H22N2O2S. The number of nitrogens with zero attached hydrogens (tertiary/aromatic N) is 1. The van der Waals surface area contributed by atoms with Crippen LogP contribution in [0.15, 0.2) is 23.1 Å². The summed E-state index contributed by atoms with van der Waals surface area (Å²) in [5.41, 5.74) is 1.33. The smallest absolute Gasteiger partial charge is 0.252 e. The average Bonchev–Trinajstić information content (AvgIpc) is 2.51. The Morgan fingerprint density at radius 3 is 2.81 bits per heavy atom. The molecule has 0 saturated heterocycles. The van der Waals surface area contributed by atoms with Gasteiger partial charge in [-0.1, -0.05) is 26.0 Å². The summed E-state index contributed by atoms with van der Waals surface area (Å²) in [7, 11) is 0. The highest BCUT2D eigenvalue weighted by Gasteiger charge is 2.22. The number of fused-ring (bicyclic) bond motifs is 1. The molecule has 1 aliphatic rings. The van der Waals surface area contributed by atoms with E-state index in [1.54, 1.807) is 23.9 Å². The van der Waals surface area contributed by atoms with E-state index in [1.807, 2.05) is 6.07 Å². The van der Waals surface area contributed by atoms with Gasteiger partial charge < -0.3 is 10.2 Å². The Labute approximate surface area is 130 Å². The van der Waals surface area contributed by atoms with Crippen molar-refractivity contribution in [1.82, 2.24) is 10.2 Å². The molecule has 1 heterocycles. The van der Waals surface area contributed by atoms with Gasteiger partial charge in [-0.15, -0.1) is 11.8 Å². The van der Waals surface area contributed by atoms with E-state index >= 15 is 0 Å². The van der Waals surface area contributed by atoms with E-state index in [-0.39, 0.29) is 11.7 Å². The summed E-state index contributed by atoms with van der Waals surface area (Å²) in [5.74, 6) is 0.818. The zero-order valence-corrected chi connectivity index (χ0v) is 13.5. The highest BCUT2D eigenvalue weighted by atomic mass is 32.2. The molecule has 2 rings (SSSR count). The lowest BCUT2D eigenvalue weighted by Crippen LogP contribution is -2.35. The summed E-state index contributed by atoms with van der Waals surface area (Å²) in [6.07, 6.45) is 0.560. The molecule has 0 bridgehead atoms. The van der Waals surface area contributed by atoms with Crippen LogP contribution in [0.3, 0.4) is 0 Å². The summed E-state index contributed by atoms with van der Waals surface area (Å²) in [4.78, 5) is 27.3. The van der Waals surface area contributed by atoms with Crippen LogP contribution >= 0.6 is 11.8 Å². The normalized spacial score (nSPS) is 14.1. The number of hydrogen-bond acceptors (Lipinski definition) is 4. The van der Waals surface area contributed by atoms with Crippen LogP contribution < -0.4 is 5.32 Å². The van der Waals surface area contributed by atoms with Crippen molar-refractivity contribution in [2.24, 2.45) is 0 Å². The number of amides is 1. The third-order valence-electron chi connectivity index (χ3n) is 3.74. The fraction of sp³-hybridized carbons (Fsp3) is 0.500. The van der Waals surface area contributed by atoms with E-state index in [0.29, 0.717) is 24.1 Å². The predicted octanol–water partition coefficient (Wildman–Crippen LogP) is 2.44. The second-order valence-corrected chi connectivity index (χ2v) is 6.09. The van der Waals surface area contributed by atoms with E-state index in [1.165, 1.54) is 0 Å². The average molecular weight is 306 g/mol. The number of Topliss-reactive ketones (excluding diaryl/α,β-unsaturated/α-hetero) is 1. The SMILES string of the molecule is CCN(CC)CCNC(=O)c1cccc2c1SCCC2=O. The fourth-order valence-corrected chi connectivity index (χ4v) is 3.58. The highest BCUT2D eigenvalue weighted by molar-refractivity contribution is 7.99. The molecule has 1 aromatic rings. The number of thioether (sulfide) groups is 1. The molecule has 1 aromatic carbocycles. The minimum atomic E-state index is -0.0822. The maximum absolute atomic E-state index is 12.3. The van der Waals surface area contributed by atoms with E-state index in [9.17, 15) is 9.59 Å². The largest absolute Gasteiger partial charge is 0.351 e. The van der Waals surface area contributed by atoms with Gasteiger partial charge in [-0.05, 0) is 19.2 Å². The van der Waals surface area contributed by atoms with Crippen LogP contribution in [0.25, 0.3) is 0 Å². The van der Waals surface area contributed by atoms with Gasteiger partial charge in [-0.25, -0.2) is 0 Å². The predicted molar refractivity (Wildman–Crippen MR) is 86.2 cm³/mol. The standard InChI is InChI=1S/C16H22N2O2S/c1-3-18(4-2)10-9-17-16(20)13-7-5-6-12-14(19)8-11-21-15(12)13/h5-7H,3-4,8-11H2,1-2H3,(H,17,20). The van der Waals surface area contributed by atoms with Crippen LogP contribution in [-0.2, 0) is 0 Å². The second kappa shape index (κ2) is 7.61. The Bertz CT molecular complexity index is 527. The Kier molecular flexibility index (Phi) is 5.82. The van der Waals surface area contributed by atoms with Crippen LogP contribution in [0.4, 0.5) is 0 Å². The summed E-state index contributed by atoms with van der Waals surface area (Å²) in [5, 5.41) is 2.96. The van der Waals surface area contributed by atoms with Crippen molar-refractivity contribution in [1.29, 1.82) is 0 Å². The minimum Gasteiger partial charge on any atom is -0.351 e. The van der Waals surface area contributed by atoms with Crippen molar-refractivity contribution in [3.05, 3.63) is 29.3 Å². The molecule has 0 aliphatic carbocycles. The second-order valence-electron chi connectivity index (χ2n) is 4.99. The number of rotatable bonds is 6. The quantitative estimate of drug-likeness (QED) is 0.877. The van der Waals surface area contributed by atoms with Gasteiger partial charge in [0.05, 0.1) is 5.56 Å². The molecule has 0 saturated carbocycles. The first-order valence-electron chi connectivity index (χ1n) is 7.47. The Hall–Kier alpha value is -1.33.